The number of carbonyl (C=O) groups is 1. The molecule has 0 spiro atoms. The lowest BCUT2D eigenvalue weighted by molar-refractivity contribution is -0.151. The Morgan fingerprint density at radius 1 is 1.25 bits per heavy atom. The van der Waals surface area contributed by atoms with Crippen LogP contribution in [0.2, 0.25) is 0 Å². The zero-order valence-electron chi connectivity index (χ0n) is 15.2. The van der Waals surface area contributed by atoms with Gasteiger partial charge in [-0.3, -0.25) is 4.79 Å². The van der Waals surface area contributed by atoms with Crippen LogP contribution in [0.15, 0.2) is 6.07 Å². The molecule has 2 aliphatic rings. The quantitative estimate of drug-likeness (QED) is 0.825. The summed E-state index contributed by atoms with van der Waals surface area (Å²) in [5, 5.41) is 0. The van der Waals surface area contributed by atoms with Crippen molar-refractivity contribution in [2.75, 3.05) is 39.8 Å². The molecule has 0 N–H and O–H groups in total. The third-order valence-corrected chi connectivity index (χ3v) is 5.28. The number of hydrogen-bond acceptors (Lipinski definition) is 5. The van der Waals surface area contributed by atoms with Gasteiger partial charge >= 0.3 is 0 Å². The van der Waals surface area contributed by atoms with E-state index in [0.29, 0.717) is 19.7 Å². The summed E-state index contributed by atoms with van der Waals surface area (Å²) in [6.45, 7) is 9.76. The number of hydrogen-bond donors (Lipinski definition) is 0. The average molecular weight is 332 g/mol. The van der Waals surface area contributed by atoms with E-state index in [4.69, 9.17) is 4.74 Å². The van der Waals surface area contributed by atoms with Gasteiger partial charge in [0, 0.05) is 17.7 Å². The smallest absolute Gasteiger partial charge is 0.228 e. The highest BCUT2D eigenvalue weighted by Crippen LogP contribution is 2.34. The van der Waals surface area contributed by atoms with Crippen LogP contribution in [0.3, 0.4) is 0 Å². The Bertz CT molecular complexity index is 591. The number of ether oxygens (including phenoxy) is 1. The lowest BCUT2D eigenvalue weighted by atomic mass is 9.79. The molecule has 0 unspecified atom stereocenters. The summed E-state index contributed by atoms with van der Waals surface area (Å²) in [5.74, 6) is 1.02. The van der Waals surface area contributed by atoms with Crippen molar-refractivity contribution in [2.45, 2.75) is 39.7 Å². The first-order valence-electron chi connectivity index (χ1n) is 8.79. The van der Waals surface area contributed by atoms with E-state index < -0.39 is 0 Å². The second kappa shape index (κ2) is 6.76. The molecule has 0 radical (unpaired) electrons. The predicted octanol–water partition coefficient (Wildman–Crippen LogP) is 1.73. The lowest BCUT2D eigenvalue weighted by Gasteiger charge is -2.42. The molecule has 3 rings (SSSR count). The van der Waals surface area contributed by atoms with E-state index in [9.17, 15) is 4.79 Å². The van der Waals surface area contributed by atoms with Crippen LogP contribution in [-0.2, 0) is 9.53 Å². The molecule has 132 valence electrons. The van der Waals surface area contributed by atoms with E-state index in [0.717, 1.165) is 43.1 Å². The number of likely N-dealkylation sites (tertiary alicyclic amines) is 1. The molecule has 2 aliphatic heterocycles. The van der Waals surface area contributed by atoms with Gasteiger partial charge < -0.3 is 14.5 Å². The van der Waals surface area contributed by atoms with Gasteiger partial charge in [0.15, 0.2) is 0 Å². The molecule has 0 saturated carbocycles. The van der Waals surface area contributed by atoms with E-state index in [1.165, 1.54) is 0 Å². The molecule has 0 aromatic carbocycles. The van der Waals surface area contributed by atoms with Gasteiger partial charge in [-0.1, -0.05) is 6.92 Å². The van der Waals surface area contributed by atoms with E-state index in [1.807, 2.05) is 24.8 Å². The summed E-state index contributed by atoms with van der Waals surface area (Å²) in [4.78, 5) is 26.2. The standard InChI is InChI=1S/C18H28N4O2/c1-13-11-15(20-14(2)19-13)16-12-22(9-10-24-16)17(23)18(3)5-7-21(4)8-6-18/h11,16H,5-10,12H2,1-4H3/t16-/m0/s1. The first kappa shape index (κ1) is 17.3. The zero-order chi connectivity index (χ0) is 17.3. The highest BCUT2D eigenvalue weighted by atomic mass is 16.5. The molecule has 1 amide bonds. The zero-order valence-corrected chi connectivity index (χ0v) is 15.2. The van der Waals surface area contributed by atoms with Crippen molar-refractivity contribution in [3.05, 3.63) is 23.3 Å². The van der Waals surface area contributed by atoms with Gasteiger partial charge in [-0.05, 0) is 52.9 Å². The minimum Gasteiger partial charge on any atom is -0.368 e. The number of aromatic nitrogens is 2. The van der Waals surface area contributed by atoms with Crippen molar-refractivity contribution in [3.8, 4) is 0 Å². The molecule has 1 aromatic heterocycles. The maximum atomic E-state index is 13.1. The van der Waals surface area contributed by atoms with Gasteiger partial charge in [0.25, 0.3) is 0 Å². The Hall–Kier alpha value is -1.53. The minimum atomic E-state index is -0.244. The molecule has 6 nitrogen and oxygen atoms in total. The van der Waals surface area contributed by atoms with Crippen LogP contribution >= 0.6 is 0 Å². The molecule has 0 aliphatic carbocycles. The average Bonchev–Trinajstić information content (AvgIpc) is 2.56. The molecule has 2 saturated heterocycles. The summed E-state index contributed by atoms with van der Waals surface area (Å²) in [7, 11) is 2.12. The van der Waals surface area contributed by atoms with Crippen molar-refractivity contribution in [1.82, 2.24) is 19.8 Å². The van der Waals surface area contributed by atoms with Crippen molar-refractivity contribution in [1.29, 1.82) is 0 Å². The highest BCUT2D eigenvalue weighted by Gasteiger charge is 2.40. The van der Waals surface area contributed by atoms with E-state index in [2.05, 4.69) is 28.8 Å². The number of morpholine rings is 1. The molecule has 1 atom stereocenters. The first-order valence-corrected chi connectivity index (χ1v) is 8.79. The van der Waals surface area contributed by atoms with Crippen molar-refractivity contribution >= 4 is 5.91 Å². The number of rotatable bonds is 2. The van der Waals surface area contributed by atoms with Crippen molar-refractivity contribution in [2.24, 2.45) is 5.41 Å². The molecular weight excluding hydrogens is 304 g/mol. The Balaban J connectivity index is 1.72. The van der Waals surface area contributed by atoms with Gasteiger partial charge in [0.05, 0.1) is 18.8 Å². The number of aryl methyl sites for hydroxylation is 2. The first-order chi connectivity index (χ1) is 11.4. The molecule has 2 fully saturated rings. The van der Waals surface area contributed by atoms with Crippen LogP contribution in [0.4, 0.5) is 0 Å². The maximum Gasteiger partial charge on any atom is 0.228 e. The van der Waals surface area contributed by atoms with Gasteiger partial charge in [0.1, 0.15) is 11.9 Å². The summed E-state index contributed by atoms with van der Waals surface area (Å²) in [5.41, 5.74) is 1.57. The largest absolute Gasteiger partial charge is 0.368 e. The third kappa shape index (κ3) is 3.59. The van der Waals surface area contributed by atoms with E-state index in [1.54, 1.807) is 0 Å². The fourth-order valence-corrected chi connectivity index (χ4v) is 3.63. The van der Waals surface area contributed by atoms with Crippen LogP contribution < -0.4 is 0 Å². The van der Waals surface area contributed by atoms with Crippen LogP contribution in [0.5, 0.6) is 0 Å². The van der Waals surface area contributed by atoms with Gasteiger partial charge in [0.2, 0.25) is 5.91 Å². The monoisotopic (exact) mass is 332 g/mol. The van der Waals surface area contributed by atoms with Crippen LogP contribution in [0, 0.1) is 19.3 Å². The Morgan fingerprint density at radius 2 is 1.96 bits per heavy atom. The predicted molar refractivity (Wildman–Crippen MR) is 91.6 cm³/mol. The SMILES string of the molecule is Cc1cc([C@@H]2CN(C(=O)C3(C)CCN(C)CC3)CCO2)nc(C)n1. The summed E-state index contributed by atoms with van der Waals surface area (Å²) < 4.78 is 5.90. The van der Waals surface area contributed by atoms with E-state index >= 15 is 0 Å². The fourth-order valence-electron chi connectivity index (χ4n) is 3.63. The van der Waals surface area contributed by atoms with Gasteiger partial charge in [-0.25, -0.2) is 9.97 Å². The minimum absolute atomic E-state index is 0.155. The molecule has 1 aromatic rings. The number of amides is 1. The number of nitrogens with zero attached hydrogens (tertiary/aromatic N) is 4. The van der Waals surface area contributed by atoms with Crippen LogP contribution in [0.1, 0.15) is 43.1 Å². The summed E-state index contributed by atoms with van der Waals surface area (Å²) in [6.07, 6.45) is 1.70. The second-order valence-electron chi connectivity index (χ2n) is 7.46. The molecule has 24 heavy (non-hydrogen) atoms. The Morgan fingerprint density at radius 3 is 2.62 bits per heavy atom. The Kier molecular flexibility index (Phi) is 4.88. The van der Waals surface area contributed by atoms with Crippen LogP contribution in [0.25, 0.3) is 0 Å². The lowest BCUT2D eigenvalue weighted by Crippen LogP contribution is -2.51. The van der Waals surface area contributed by atoms with Crippen LogP contribution in [-0.4, -0.2) is 65.5 Å². The molecule has 6 heteroatoms. The van der Waals surface area contributed by atoms with Crippen molar-refractivity contribution < 1.29 is 9.53 Å². The summed E-state index contributed by atoms with van der Waals surface area (Å²) in [6, 6.07) is 1.96. The van der Waals surface area contributed by atoms with E-state index in [-0.39, 0.29) is 17.4 Å². The third-order valence-electron chi connectivity index (χ3n) is 5.28. The molecule has 3 heterocycles. The second-order valence-corrected chi connectivity index (χ2v) is 7.46. The maximum absolute atomic E-state index is 13.1. The number of piperidine rings is 1. The molecular formula is C18H28N4O2. The summed E-state index contributed by atoms with van der Waals surface area (Å²) >= 11 is 0. The molecule has 0 bridgehead atoms. The van der Waals surface area contributed by atoms with Gasteiger partial charge in [-0.2, -0.15) is 0 Å². The topological polar surface area (TPSA) is 58.6 Å². The van der Waals surface area contributed by atoms with Gasteiger partial charge in [-0.15, -0.1) is 0 Å². The highest BCUT2D eigenvalue weighted by molar-refractivity contribution is 5.82. The van der Waals surface area contributed by atoms with Crippen molar-refractivity contribution in [3.63, 3.8) is 0 Å². The normalized spacial score (nSPS) is 24.8. The Labute approximate surface area is 144 Å². The number of carbonyl (C=O) groups excluding carboxylic acids is 1. The fraction of sp³-hybridized carbons (Fsp3) is 0.722.